The lowest BCUT2D eigenvalue weighted by molar-refractivity contribution is 0.0827. The number of pyridine rings is 2. The summed E-state index contributed by atoms with van der Waals surface area (Å²) in [6.07, 6.45) is 5.77. The number of rotatable bonds is 8. The Labute approximate surface area is 252 Å². The lowest BCUT2D eigenvalue weighted by Crippen LogP contribution is -2.33. The third-order valence-electron chi connectivity index (χ3n) is 8.53. The molecule has 4 heterocycles. The van der Waals surface area contributed by atoms with Crippen LogP contribution in [0, 0.1) is 0 Å². The summed E-state index contributed by atoms with van der Waals surface area (Å²) >= 11 is 0. The molecule has 1 aliphatic heterocycles. The normalized spacial score (nSPS) is 14.2. The highest BCUT2D eigenvalue weighted by Crippen LogP contribution is 2.30. The van der Waals surface area contributed by atoms with Gasteiger partial charge in [-0.05, 0) is 73.3 Å². The zero-order valence-corrected chi connectivity index (χ0v) is 25.0. The standard InChI is InChI=1S/C35H38N6O2/c1-38(2)35(43)28-11-9-26(10-12-28)27-14-18-40(19-15-27)24-30-22-31-32(13-17-36-34(31)39(30)3)41-20-16-29(21-33(41)42)37-23-25-7-5-4-6-8-25/h4-13,16-17,20-22,27,37H,14-15,18-19,23-24H2,1-3H3. The first kappa shape index (κ1) is 28.4. The molecule has 6 rings (SSSR count). The largest absolute Gasteiger partial charge is 0.381 e. The van der Waals surface area contributed by atoms with Crippen LogP contribution in [-0.4, -0.2) is 57.0 Å². The quantitative estimate of drug-likeness (QED) is 0.268. The Morgan fingerprint density at radius 2 is 1.72 bits per heavy atom. The SMILES string of the molecule is CN(C)C(=O)c1ccc(C2CCN(Cc3cc4c(-n5ccc(NCc6ccccc6)cc5=O)ccnc4n3C)CC2)cc1. The predicted octanol–water partition coefficient (Wildman–Crippen LogP) is 5.42. The molecule has 0 spiro atoms. The first-order valence-electron chi connectivity index (χ1n) is 14.9. The maximum Gasteiger partial charge on any atom is 0.257 e. The second-order valence-corrected chi connectivity index (χ2v) is 11.6. The fourth-order valence-corrected chi connectivity index (χ4v) is 6.02. The molecule has 3 aromatic heterocycles. The number of likely N-dealkylation sites (tertiary alicyclic amines) is 1. The van der Waals surface area contributed by atoms with Crippen LogP contribution in [0.3, 0.4) is 0 Å². The van der Waals surface area contributed by atoms with Gasteiger partial charge in [0.2, 0.25) is 0 Å². The average Bonchev–Trinajstić information content (AvgIpc) is 3.35. The minimum Gasteiger partial charge on any atom is -0.381 e. The Hall–Kier alpha value is -4.69. The van der Waals surface area contributed by atoms with E-state index in [1.807, 2.05) is 48.7 Å². The van der Waals surface area contributed by atoms with Gasteiger partial charge in [-0.25, -0.2) is 4.98 Å². The van der Waals surface area contributed by atoms with Crippen LogP contribution in [0.4, 0.5) is 5.69 Å². The Bertz CT molecular complexity index is 1780. The monoisotopic (exact) mass is 574 g/mol. The van der Waals surface area contributed by atoms with Crippen molar-refractivity contribution in [2.45, 2.75) is 31.8 Å². The minimum atomic E-state index is -0.0860. The molecule has 1 saturated heterocycles. The van der Waals surface area contributed by atoms with Crippen LogP contribution in [0.5, 0.6) is 0 Å². The van der Waals surface area contributed by atoms with Crippen molar-refractivity contribution in [3.63, 3.8) is 0 Å². The summed E-state index contributed by atoms with van der Waals surface area (Å²) < 4.78 is 3.84. The number of anilines is 1. The number of benzene rings is 2. The van der Waals surface area contributed by atoms with E-state index in [0.29, 0.717) is 12.5 Å². The van der Waals surface area contributed by atoms with Crippen molar-refractivity contribution in [1.29, 1.82) is 0 Å². The van der Waals surface area contributed by atoms with E-state index < -0.39 is 0 Å². The van der Waals surface area contributed by atoms with E-state index in [2.05, 4.69) is 57.1 Å². The van der Waals surface area contributed by atoms with E-state index in [4.69, 9.17) is 0 Å². The summed E-state index contributed by atoms with van der Waals surface area (Å²) in [5.41, 5.74) is 6.79. The van der Waals surface area contributed by atoms with Gasteiger partial charge < -0.3 is 14.8 Å². The van der Waals surface area contributed by atoms with Crippen LogP contribution in [0.25, 0.3) is 16.7 Å². The number of aryl methyl sites for hydroxylation is 1. The third kappa shape index (κ3) is 6.10. The highest BCUT2D eigenvalue weighted by atomic mass is 16.2. The zero-order chi connectivity index (χ0) is 29.9. The highest BCUT2D eigenvalue weighted by Gasteiger charge is 2.23. The number of hydrogen-bond acceptors (Lipinski definition) is 5. The smallest absolute Gasteiger partial charge is 0.257 e. The lowest BCUT2D eigenvalue weighted by atomic mass is 9.89. The van der Waals surface area contributed by atoms with Gasteiger partial charge in [-0.2, -0.15) is 0 Å². The summed E-state index contributed by atoms with van der Waals surface area (Å²) in [4.78, 5) is 34.2. The number of piperidine rings is 1. The zero-order valence-electron chi connectivity index (χ0n) is 25.0. The van der Waals surface area contributed by atoms with Crippen LogP contribution < -0.4 is 10.9 Å². The lowest BCUT2D eigenvalue weighted by Gasteiger charge is -2.32. The second kappa shape index (κ2) is 12.3. The number of aromatic nitrogens is 3. The molecule has 0 aliphatic carbocycles. The van der Waals surface area contributed by atoms with Gasteiger partial charge in [-0.1, -0.05) is 42.5 Å². The van der Waals surface area contributed by atoms with Crippen LogP contribution in [-0.2, 0) is 20.1 Å². The van der Waals surface area contributed by atoms with Crippen molar-refractivity contribution in [2.24, 2.45) is 7.05 Å². The Morgan fingerprint density at radius 3 is 2.42 bits per heavy atom. The van der Waals surface area contributed by atoms with Gasteiger partial charge in [-0.15, -0.1) is 0 Å². The third-order valence-corrected chi connectivity index (χ3v) is 8.53. The summed E-state index contributed by atoms with van der Waals surface area (Å²) in [5, 5.41) is 4.32. The first-order valence-corrected chi connectivity index (χ1v) is 14.9. The molecule has 0 atom stereocenters. The summed E-state index contributed by atoms with van der Waals surface area (Å²) in [6.45, 7) is 3.49. The van der Waals surface area contributed by atoms with Gasteiger partial charge in [0.25, 0.3) is 11.5 Å². The Morgan fingerprint density at radius 1 is 0.977 bits per heavy atom. The number of amides is 1. The summed E-state index contributed by atoms with van der Waals surface area (Å²) in [5.74, 6) is 0.532. The maximum absolute atomic E-state index is 13.2. The second-order valence-electron chi connectivity index (χ2n) is 11.6. The number of carbonyl (C=O) groups excluding carboxylic acids is 1. The molecule has 1 N–H and O–H groups in total. The molecule has 0 radical (unpaired) electrons. The molecule has 1 amide bonds. The minimum absolute atomic E-state index is 0.0340. The average molecular weight is 575 g/mol. The van der Waals surface area contributed by atoms with E-state index in [1.54, 1.807) is 35.8 Å². The Balaban J connectivity index is 1.14. The van der Waals surface area contributed by atoms with Gasteiger partial charge in [0.05, 0.1) is 5.69 Å². The number of nitrogens with one attached hydrogen (secondary N) is 1. The van der Waals surface area contributed by atoms with E-state index >= 15 is 0 Å². The van der Waals surface area contributed by atoms with Gasteiger partial charge in [0.15, 0.2) is 0 Å². The number of hydrogen-bond donors (Lipinski definition) is 1. The molecule has 0 unspecified atom stereocenters. The summed E-state index contributed by atoms with van der Waals surface area (Å²) in [6, 6.07) is 25.9. The van der Waals surface area contributed by atoms with Crippen molar-refractivity contribution >= 4 is 22.6 Å². The van der Waals surface area contributed by atoms with Gasteiger partial charge in [0, 0.05) is 75.0 Å². The summed E-state index contributed by atoms with van der Waals surface area (Å²) in [7, 11) is 5.61. The van der Waals surface area contributed by atoms with E-state index in [9.17, 15) is 9.59 Å². The maximum atomic E-state index is 13.2. The molecule has 8 heteroatoms. The molecule has 2 aromatic carbocycles. The van der Waals surface area contributed by atoms with Crippen LogP contribution in [0.2, 0.25) is 0 Å². The number of carbonyl (C=O) groups is 1. The molecular formula is C35H38N6O2. The van der Waals surface area contributed by atoms with Gasteiger partial charge in [-0.3, -0.25) is 19.1 Å². The number of nitrogens with zero attached hydrogens (tertiary/aromatic N) is 5. The highest BCUT2D eigenvalue weighted by molar-refractivity contribution is 5.93. The molecule has 0 saturated carbocycles. The molecule has 5 aromatic rings. The van der Waals surface area contributed by atoms with Gasteiger partial charge >= 0.3 is 0 Å². The van der Waals surface area contributed by atoms with Crippen LogP contribution >= 0.6 is 0 Å². The van der Waals surface area contributed by atoms with Crippen molar-refractivity contribution < 1.29 is 4.79 Å². The van der Waals surface area contributed by atoms with Crippen molar-refractivity contribution in [3.05, 3.63) is 124 Å². The molecule has 1 aliphatic rings. The van der Waals surface area contributed by atoms with Crippen LogP contribution in [0.1, 0.15) is 45.9 Å². The van der Waals surface area contributed by atoms with Crippen molar-refractivity contribution in [1.82, 2.24) is 23.9 Å². The van der Waals surface area contributed by atoms with Gasteiger partial charge in [0.1, 0.15) is 5.65 Å². The predicted molar refractivity (Wildman–Crippen MR) is 172 cm³/mol. The fraction of sp³-hybridized carbons (Fsp3) is 0.286. The molecule has 43 heavy (non-hydrogen) atoms. The number of fused-ring (bicyclic) bond motifs is 1. The van der Waals surface area contributed by atoms with Crippen molar-refractivity contribution in [2.75, 3.05) is 32.5 Å². The topological polar surface area (TPSA) is 75.4 Å². The molecule has 220 valence electrons. The molecule has 8 nitrogen and oxygen atoms in total. The molecular weight excluding hydrogens is 536 g/mol. The fourth-order valence-electron chi connectivity index (χ4n) is 6.02. The van der Waals surface area contributed by atoms with E-state index in [1.165, 1.54) is 11.3 Å². The van der Waals surface area contributed by atoms with Crippen molar-refractivity contribution in [3.8, 4) is 5.69 Å². The molecule has 1 fully saturated rings. The van der Waals surface area contributed by atoms with E-state index in [0.717, 1.165) is 66.0 Å². The first-order chi connectivity index (χ1) is 20.9. The Kier molecular flexibility index (Phi) is 8.11. The molecule has 0 bridgehead atoms. The van der Waals surface area contributed by atoms with Crippen LogP contribution in [0.15, 0.2) is 96.1 Å². The van der Waals surface area contributed by atoms with E-state index in [-0.39, 0.29) is 11.5 Å².